The number of fused-ring (bicyclic) bond motifs is 1. The van der Waals surface area contributed by atoms with Gasteiger partial charge in [0.15, 0.2) is 5.78 Å². The van der Waals surface area contributed by atoms with Crippen LogP contribution in [0.2, 0.25) is 0 Å². The van der Waals surface area contributed by atoms with Gasteiger partial charge in [-0.1, -0.05) is 30.0 Å². The van der Waals surface area contributed by atoms with E-state index in [1.165, 1.54) is 0 Å². The summed E-state index contributed by atoms with van der Waals surface area (Å²) in [5.74, 6) is 7.31. The first-order chi connectivity index (χ1) is 10.3. The highest BCUT2D eigenvalue weighted by atomic mass is 16.5. The van der Waals surface area contributed by atoms with Crippen molar-refractivity contribution in [2.45, 2.75) is 19.3 Å². The zero-order chi connectivity index (χ0) is 14.7. The molecule has 1 aliphatic carbocycles. The Morgan fingerprint density at radius 2 is 1.81 bits per heavy atom. The molecule has 104 valence electrons. The van der Waals surface area contributed by atoms with Crippen molar-refractivity contribution in [1.29, 1.82) is 0 Å². The Morgan fingerprint density at radius 3 is 2.57 bits per heavy atom. The fraction of sp³-hybridized carbons (Fsp3) is 0.211. The number of Topliss-reactive ketones (excluding diaryl/α,β-unsaturated/α-hetero) is 1. The van der Waals surface area contributed by atoms with Crippen LogP contribution in [0, 0.1) is 11.8 Å². The maximum Gasteiger partial charge on any atom is 0.163 e. The fourth-order valence-corrected chi connectivity index (χ4v) is 2.67. The van der Waals surface area contributed by atoms with Gasteiger partial charge in [0.1, 0.15) is 5.75 Å². The zero-order valence-electron chi connectivity index (χ0n) is 12.0. The highest BCUT2D eigenvalue weighted by Crippen LogP contribution is 2.30. The van der Waals surface area contributed by atoms with Crippen molar-refractivity contribution in [1.82, 2.24) is 0 Å². The lowest BCUT2D eigenvalue weighted by molar-refractivity contribution is 0.0972. The van der Waals surface area contributed by atoms with Gasteiger partial charge in [-0.3, -0.25) is 4.79 Å². The lowest BCUT2D eigenvalue weighted by Gasteiger charge is -2.18. The quantitative estimate of drug-likeness (QED) is 0.744. The second kappa shape index (κ2) is 5.85. The summed E-state index contributed by atoms with van der Waals surface area (Å²) in [5, 5.41) is 0. The molecular weight excluding hydrogens is 260 g/mol. The average molecular weight is 276 g/mol. The Kier molecular flexibility index (Phi) is 3.75. The van der Waals surface area contributed by atoms with Gasteiger partial charge in [0.2, 0.25) is 0 Å². The largest absolute Gasteiger partial charge is 0.495 e. The number of methoxy groups -OCH3 is 1. The summed E-state index contributed by atoms with van der Waals surface area (Å²) in [5.41, 5.74) is 3.65. The summed E-state index contributed by atoms with van der Waals surface area (Å²) < 4.78 is 5.42. The van der Waals surface area contributed by atoms with Gasteiger partial charge in [0.25, 0.3) is 0 Å². The third-order valence-electron chi connectivity index (χ3n) is 3.73. The molecule has 2 aromatic carbocycles. The molecule has 0 radical (unpaired) electrons. The monoisotopic (exact) mass is 276 g/mol. The normalized spacial score (nSPS) is 13.1. The van der Waals surface area contributed by atoms with Crippen LogP contribution in [-0.2, 0) is 6.42 Å². The molecule has 0 unspecified atom stereocenters. The van der Waals surface area contributed by atoms with Crippen molar-refractivity contribution in [3.8, 4) is 17.6 Å². The minimum Gasteiger partial charge on any atom is -0.495 e. The molecular formula is C19H16O2. The maximum absolute atomic E-state index is 12.0. The van der Waals surface area contributed by atoms with Gasteiger partial charge in [0, 0.05) is 17.5 Å². The number of ketones is 1. The second-order valence-electron chi connectivity index (χ2n) is 5.06. The van der Waals surface area contributed by atoms with Crippen molar-refractivity contribution < 1.29 is 9.53 Å². The topological polar surface area (TPSA) is 26.3 Å². The lowest BCUT2D eigenvalue weighted by Crippen LogP contribution is -2.13. The van der Waals surface area contributed by atoms with Gasteiger partial charge < -0.3 is 4.74 Å². The van der Waals surface area contributed by atoms with Crippen molar-refractivity contribution in [3.63, 3.8) is 0 Å². The van der Waals surface area contributed by atoms with Crippen molar-refractivity contribution in [3.05, 3.63) is 64.7 Å². The summed E-state index contributed by atoms with van der Waals surface area (Å²) >= 11 is 0. The van der Waals surface area contributed by atoms with E-state index in [4.69, 9.17) is 4.74 Å². The standard InChI is InChI=1S/C19H16O2/c1-21-19-13-12-16-15(8-5-9-18(16)20)17(19)11-10-14-6-3-2-4-7-14/h2-4,6-7,12-13H,5,8-9H2,1H3. The number of ether oxygens (including phenoxy) is 1. The van der Waals surface area contributed by atoms with Crippen LogP contribution in [0.4, 0.5) is 0 Å². The van der Waals surface area contributed by atoms with Crippen molar-refractivity contribution in [2.75, 3.05) is 7.11 Å². The maximum atomic E-state index is 12.0. The molecule has 0 N–H and O–H groups in total. The molecule has 0 fully saturated rings. The second-order valence-corrected chi connectivity index (χ2v) is 5.06. The Hall–Kier alpha value is -2.53. The van der Waals surface area contributed by atoms with Crippen LogP contribution in [0.3, 0.4) is 0 Å². The molecule has 2 aromatic rings. The molecule has 0 saturated carbocycles. The third kappa shape index (κ3) is 2.68. The smallest absolute Gasteiger partial charge is 0.163 e. The van der Waals surface area contributed by atoms with Crippen LogP contribution in [0.1, 0.15) is 39.9 Å². The number of rotatable bonds is 1. The summed E-state index contributed by atoms with van der Waals surface area (Å²) in [6.45, 7) is 0. The highest BCUT2D eigenvalue weighted by molar-refractivity contribution is 5.99. The van der Waals surface area contributed by atoms with E-state index in [9.17, 15) is 4.79 Å². The molecule has 1 aliphatic rings. The van der Waals surface area contributed by atoms with E-state index >= 15 is 0 Å². The molecule has 21 heavy (non-hydrogen) atoms. The van der Waals surface area contributed by atoms with E-state index < -0.39 is 0 Å². The predicted octanol–water partition coefficient (Wildman–Crippen LogP) is 3.61. The van der Waals surface area contributed by atoms with E-state index in [0.717, 1.165) is 40.8 Å². The SMILES string of the molecule is COc1ccc2c(c1C#Cc1ccccc1)CCCC2=O. The predicted molar refractivity (Wildman–Crippen MR) is 82.7 cm³/mol. The molecule has 2 nitrogen and oxygen atoms in total. The van der Waals surface area contributed by atoms with E-state index in [0.29, 0.717) is 6.42 Å². The first-order valence-electron chi connectivity index (χ1n) is 7.09. The summed E-state index contributed by atoms with van der Waals surface area (Å²) in [6, 6.07) is 13.5. The van der Waals surface area contributed by atoms with Crippen LogP contribution < -0.4 is 4.74 Å². The minimum atomic E-state index is 0.210. The summed E-state index contributed by atoms with van der Waals surface area (Å²) in [7, 11) is 1.64. The van der Waals surface area contributed by atoms with Gasteiger partial charge >= 0.3 is 0 Å². The highest BCUT2D eigenvalue weighted by Gasteiger charge is 2.21. The van der Waals surface area contributed by atoms with Crippen molar-refractivity contribution in [2.24, 2.45) is 0 Å². The fourth-order valence-electron chi connectivity index (χ4n) is 2.67. The van der Waals surface area contributed by atoms with Gasteiger partial charge in [-0.05, 0) is 42.7 Å². The van der Waals surface area contributed by atoms with Gasteiger partial charge in [-0.2, -0.15) is 0 Å². The van der Waals surface area contributed by atoms with Gasteiger partial charge in [-0.15, -0.1) is 0 Å². The summed E-state index contributed by atoms with van der Waals surface area (Å²) in [6.07, 6.45) is 2.40. The molecule has 0 atom stereocenters. The van der Waals surface area contributed by atoms with Crippen LogP contribution >= 0.6 is 0 Å². The van der Waals surface area contributed by atoms with E-state index in [2.05, 4.69) is 11.8 Å². The third-order valence-corrected chi connectivity index (χ3v) is 3.73. The number of hydrogen-bond acceptors (Lipinski definition) is 2. The van der Waals surface area contributed by atoms with Crippen LogP contribution in [0.5, 0.6) is 5.75 Å². The Morgan fingerprint density at radius 1 is 1.00 bits per heavy atom. The van der Waals surface area contributed by atoms with Gasteiger partial charge in [-0.25, -0.2) is 0 Å². The lowest BCUT2D eigenvalue weighted by atomic mass is 9.87. The molecule has 0 saturated heterocycles. The molecule has 0 amide bonds. The van der Waals surface area contributed by atoms with Crippen molar-refractivity contribution >= 4 is 5.78 Å². The molecule has 0 aliphatic heterocycles. The number of carbonyl (C=O) groups excluding carboxylic acids is 1. The van der Waals surface area contributed by atoms with E-state index in [-0.39, 0.29) is 5.78 Å². The molecule has 3 rings (SSSR count). The minimum absolute atomic E-state index is 0.210. The Labute approximate surface area is 124 Å². The Bertz CT molecular complexity index is 733. The average Bonchev–Trinajstić information content (AvgIpc) is 2.54. The number of carbonyl (C=O) groups is 1. The molecule has 0 heterocycles. The molecule has 2 heteroatoms. The molecule has 0 aromatic heterocycles. The van der Waals surface area contributed by atoms with Crippen LogP contribution in [0.25, 0.3) is 0 Å². The summed E-state index contributed by atoms with van der Waals surface area (Å²) in [4.78, 5) is 12.0. The van der Waals surface area contributed by atoms with E-state index in [1.54, 1.807) is 7.11 Å². The van der Waals surface area contributed by atoms with E-state index in [1.807, 2.05) is 42.5 Å². The first-order valence-corrected chi connectivity index (χ1v) is 7.09. The first kappa shape index (κ1) is 13.5. The molecule has 0 spiro atoms. The number of benzene rings is 2. The number of hydrogen-bond donors (Lipinski definition) is 0. The molecule has 0 bridgehead atoms. The zero-order valence-corrected chi connectivity index (χ0v) is 12.0. The Balaban J connectivity index is 2.11. The van der Waals surface area contributed by atoms with Crippen LogP contribution in [0.15, 0.2) is 42.5 Å². The van der Waals surface area contributed by atoms with Crippen LogP contribution in [-0.4, -0.2) is 12.9 Å². The van der Waals surface area contributed by atoms with Gasteiger partial charge in [0.05, 0.1) is 12.7 Å².